The van der Waals surface area contributed by atoms with Crippen LogP contribution in [0.2, 0.25) is 0 Å². The molecule has 0 aliphatic heterocycles. The Kier molecular flexibility index (Phi) is 4.17. The van der Waals surface area contributed by atoms with Gasteiger partial charge in [0.2, 0.25) is 5.95 Å². The van der Waals surface area contributed by atoms with Gasteiger partial charge < -0.3 is 15.0 Å². The van der Waals surface area contributed by atoms with Gasteiger partial charge in [-0.25, -0.2) is 4.79 Å². The van der Waals surface area contributed by atoms with Crippen LogP contribution in [-0.2, 0) is 14.1 Å². The molecule has 2 aromatic heterocycles. The van der Waals surface area contributed by atoms with Crippen molar-refractivity contribution in [1.29, 1.82) is 0 Å². The van der Waals surface area contributed by atoms with Crippen molar-refractivity contribution in [2.24, 2.45) is 14.1 Å². The third-order valence-corrected chi connectivity index (χ3v) is 3.44. The fourth-order valence-corrected chi connectivity index (χ4v) is 2.29. The minimum atomic E-state index is -0.373. The number of anilines is 1. The van der Waals surface area contributed by atoms with E-state index < -0.39 is 0 Å². The minimum Gasteiger partial charge on any atom is -0.396 e. The van der Waals surface area contributed by atoms with E-state index in [2.05, 4.69) is 10.3 Å². The Morgan fingerprint density at radius 2 is 1.90 bits per heavy atom. The lowest BCUT2D eigenvalue weighted by Crippen LogP contribution is -2.39. The number of aromatic nitrogens is 4. The van der Waals surface area contributed by atoms with Crippen LogP contribution in [0.15, 0.2) is 9.59 Å². The number of hydrogen-bond acceptors (Lipinski definition) is 5. The first-order chi connectivity index (χ1) is 9.90. The van der Waals surface area contributed by atoms with Crippen molar-refractivity contribution in [3.8, 4) is 0 Å². The molecule has 0 radical (unpaired) electrons. The number of nitrogens with zero attached hydrogens (tertiary/aromatic N) is 4. The molecule has 0 aliphatic carbocycles. The van der Waals surface area contributed by atoms with E-state index in [-0.39, 0.29) is 23.9 Å². The molecule has 8 nitrogen and oxygen atoms in total. The molecule has 8 heteroatoms. The average molecular weight is 295 g/mol. The van der Waals surface area contributed by atoms with Gasteiger partial charge in [0.25, 0.3) is 5.56 Å². The molecule has 0 fully saturated rings. The van der Waals surface area contributed by atoms with E-state index in [1.807, 2.05) is 13.8 Å². The largest absolute Gasteiger partial charge is 0.396 e. The van der Waals surface area contributed by atoms with Crippen LogP contribution in [0.4, 0.5) is 5.95 Å². The Hall–Kier alpha value is -2.09. The fourth-order valence-electron chi connectivity index (χ4n) is 2.29. The Bertz CT molecular complexity index is 769. The molecule has 0 unspecified atom stereocenters. The topological polar surface area (TPSA) is 94.1 Å². The molecule has 0 bridgehead atoms. The average Bonchev–Trinajstić information content (AvgIpc) is 2.73. The summed E-state index contributed by atoms with van der Waals surface area (Å²) in [5, 5.41) is 11.9. The first-order valence-corrected chi connectivity index (χ1v) is 6.92. The van der Waals surface area contributed by atoms with E-state index in [0.717, 1.165) is 4.57 Å². The van der Waals surface area contributed by atoms with Gasteiger partial charge in [-0.3, -0.25) is 13.9 Å². The van der Waals surface area contributed by atoms with Crippen molar-refractivity contribution in [1.82, 2.24) is 18.7 Å². The van der Waals surface area contributed by atoms with Gasteiger partial charge in [0, 0.05) is 33.3 Å². The number of fused-ring (bicyclic) bond motifs is 1. The SMILES string of the molecule is CC(C)n1c(=O)n(C)c(=O)c2c1nc(NCCCO)n2C. The smallest absolute Gasteiger partial charge is 0.332 e. The van der Waals surface area contributed by atoms with Crippen LogP contribution >= 0.6 is 0 Å². The van der Waals surface area contributed by atoms with Gasteiger partial charge in [-0.15, -0.1) is 0 Å². The molecule has 0 aromatic carbocycles. The molecule has 2 rings (SSSR count). The second-order valence-corrected chi connectivity index (χ2v) is 5.28. The summed E-state index contributed by atoms with van der Waals surface area (Å²) in [5.41, 5.74) is 0.0315. The molecule has 116 valence electrons. The Balaban J connectivity index is 2.72. The van der Waals surface area contributed by atoms with Crippen LogP contribution in [0, 0.1) is 0 Å². The Labute approximate surface area is 121 Å². The Morgan fingerprint density at radius 3 is 2.48 bits per heavy atom. The van der Waals surface area contributed by atoms with Crippen LogP contribution in [0.3, 0.4) is 0 Å². The normalized spacial score (nSPS) is 11.5. The van der Waals surface area contributed by atoms with Crippen LogP contribution in [0.5, 0.6) is 0 Å². The molecule has 0 spiro atoms. The van der Waals surface area contributed by atoms with Crippen LogP contribution in [0.25, 0.3) is 11.2 Å². The summed E-state index contributed by atoms with van der Waals surface area (Å²) >= 11 is 0. The second kappa shape index (κ2) is 5.72. The number of aliphatic hydroxyl groups excluding tert-OH is 1. The fraction of sp³-hybridized carbons (Fsp3) is 0.615. The van der Waals surface area contributed by atoms with Crippen LogP contribution < -0.4 is 16.6 Å². The molecule has 0 saturated heterocycles. The first kappa shape index (κ1) is 15.3. The van der Waals surface area contributed by atoms with Crippen molar-refractivity contribution in [3.63, 3.8) is 0 Å². The van der Waals surface area contributed by atoms with Gasteiger partial charge in [0.1, 0.15) is 0 Å². The molecule has 0 amide bonds. The van der Waals surface area contributed by atoms with Crippen LogP contribution in [-0.4, -0.2) is 36.9 Å². The number of aryl methyl sites for hydroxylation is 1. The first-order valence-electron chi connectivity index (χ1n) is 6.92. The number of nitrogens with one attached hydrogen (secondary N) is 1. The summed E-state index contributed by atoms with van der Waals surface area (Å²) in [4.78, 5) is 28.9. The lowest BCUT2D eigenvalue weighted by Gasteiger charge is -2.11. The monoisotopic (exact) mass is 295 g/mol. The second-order valence-electron chi connectivity index (χ2n) is 5.28. The number of imidazole rings is 1. The maximum absolute atomic E-state index is 12.3. The summed E-state index contributed by atoms with van der Waals surface area (Å²) in [6.45, 7) is 4.37. The molecule has 21 heavy (non-hydrogen) atoms. The van der Waals surface area contributed by atoms with Crippen molar-refractivity contribution in [3.05, 3.63) is 20.8 Å². The standard InChI is InChI=1S/C13H21N5O3/c1-8(2)18-10-9(11(20)17(4)13(18)21)16(3)12(15-10)14-6-5-7-19/h8,19H,5-7H2,1-4H3,(H,14,15). The van der Waals surface area contributed by atoms with Gasteiger partial charge in [0.15, 0.2) is 11.2 Å². The van der Waals surface area contributed by atoms with E-state index in [0.29, 0.717) is 30.1 Å². The van der Waals surface area contributed by atoms with E-state index in [4.69, 9.17) is 5.11 Å². The molecule has 2 heterocycles. The molecule has 2 N–H and O–H groups in total. The van der Waals surface area contributed by atoms with Crippen molar-refractivity contribution in [2.45, 2.75) is 26.3 Å². The molecule has 0 aliphatic rings. The summed E-state index contributed by atoms with van der Waals surface area (Å²) in [6.07, 6.45) is 0.582. The number of hydrogen-bond donors (Lipinski definition) is 2. The number of aliphatic hydroxyl groups is 1. The van der Waals surface area contributed by atoms with Crippen molar-refractivity contribution < 1.29 is 5.11 Å². The van der Waals surface area contributed by atoms with Gasteiger partial charge >= 0.3 is 5.69 Å². The lowest BCUT2D eigenvalue weighted by atomic mass is 10.3. The summed E-state index contributed by atoms with van der Waals surface area (Å²) in [5.74, 6) is 0.510. The highest BCUT2D eigenvalue weighted by Crippen LogP contribution is 2.16. The van der Waals surface area contributed by atoms with E-state index >= 15 is 0 Å². The highest BCUT2D eigenvalue weighted by atomic mass is 16.3. The maximum atomic E-state index is 12.3. The molecule has 2 aromatic rings. The van der Waals surface area contributed by atoms with Gasteiger partial charge in [0.05, 0.1) is 0 Å². The van der Waals surface area contributed by atoms with E-state index in [1.165, 1.54) is 11.6 Å². The highest BCUT2D eigenvalue weighted by molar-refractivity contribution is 5.74. The predicted molar refractivity (Wildman–Crippen MR) is 80.8 cm³/mol. The van der Waals surface area contributed by atoms with Crippen molar-refractivity contribution >= 4 is 17.1 Å². The Morgan fingerprint density at radius 1 is 1.24 bits per heavy atom. The lowest BCUT2D eigenvalue weighted by molar-refractivity contribution is 0.292. The van der Waals surface area contributed by atoms with Gasteiger partial charge in [-0.05, 0) is 20.3 Å². The molecular weight excluding hydrogens is 274 g/mol. The predicted octanol–water partition coefficient (Wildman–Crippen LogP) is -0.191. The third-order valence-electron chi connectivity index (χ3n) is 3.44. The summed E-state index contributed by atoms with van der Waals surface area (Å²) in [7, 11) is 3.20. The van der Waals surface area contributed by atoms with E-state index in [9.17, 15) is 9.59 Å². The third kappa shape index (κ3) is 2.46. The van der Waals surface area contributed by atoms with Gasteiger partial charge in [-0.2, -0.15) is 4.98 Å². The highest BCUT2D eigenvalue weighted by Gasteiger charge is 2.19. The zero-order valence-corrected chi connectivity index (χ0v) is 12.8. The van der Waals surface area contributed by atoms with Gasteiger partial charge in [-0.1, -0.05) is 0 Å². The van der Waals surface area contributed by atoms with Crippen LogP contribution in [0.1, 0.15) is 26.3 Å². The summed E-state index contributed by atoms with van der Waals surface area (Å²) < 4.78 is 4.25. The zero-order valence-electron chi connectivity index (χ0n) is 12.8. The molecule has 0 atom stereocenters. The van der Waals surface area contributed by atoms with Crippen molar-refractivity contribution in [2.75, 3.05) is 18.5 Å². The van der Waals surface area contributed by atoms with E-state index in [1.54, 1.807) is 11.6 Å². The zero-order chi connectivity index (χ0) is 15.7. The minimum absolute atomic E-state index is 0.0788. The number of rotatable bonds is 5. The summed E-state index contributed by atoms with van der Waals surface area (Å²) in [6, 6.07) is -0.105. The molecule has 0 saturated carbocycles. The molecular formula is C13H21N5O3. The maximum Gasteiger partial charge on any atom is 0.332 e. The quantitative estimate of drug-likeness (QED) is 0.746.